The van der Waals surface area contributed by atoms with Crippen molar-refractivity contribution in [2.45, 2.75) is 31.9 Å². The molecule has 0 fully saturated rings. The molecule has 3 aromatic rings. The third-order valence-corrected chi connectivity index (χ3v) is 4.62. The monoisotopic (exact) mass is 363 g/mol. The van der Waals surface area contributed by atoms with E-state index in [2.05, 4.69) is 10.4 Å². The molecule has 0 aliphatic carbocycles. The van der Waals surface area contributed by atoms with Gasteiger partial charge in [0.05, 0.1) is 11.7 Å². The van der Waals surface area contributed by atoms with E-state index >= 15 is 0 Å². The van der Waals surface area contributed by atoms with Gasteiger partial charge in [-0.1, -0.05) is 74.5 Å². The molecule has 0 aliphatic rings. The highest BCUT2D eigenvalue weighted by molar-refractivity contribution is 5.93. The van der Waals surface area contributed by atoms with Crippen LogP contribution in [0.15, 0.2) is 66.7 Å². The Kier molecular flexibility index (Phi) is 5.72. The van der Waals surface area contributed by atoms with Gasteiger partial charge in [-0.05, 0) is 23.1 Å². The van der Waals surface area contributed by atoms with E-state index in [1.165, 1.54) is 0 Å². The number of hydrogen-bond acceptors (Lipinski definition) is 3. The Morgan fingerprint density at radius 3 is 2.07 bits per heavy atom. The Bertz CT molecular complexity index is 888. The van der Waals surface area contributed by atoms with Crippen LogP contribution in [0.5, 0.6) is 0 Å². The van der Waals surface area contributed by atoms with Gasteiger partial charge in [-0.15, -0.1) is 0 Å². The summed E-state index contributed by atoms with van der Waals surface area (Å²) >= 11 is 0. The number of aryl methyl sites for hydroxylation is 1. The third kappa shape index (κ3) is 4.26. The van der Waals surface area contributed by atoms with Crippen LogP contribution in [0.1, 0.15) is 59.2 Å². The predicted molar refractivity (Wildman–Crippen MR) is 105 cm³/mol. The van der Waals surface area contributed by atoms with Gasteiger partial charge in [-0.2, -0.15) is 5.10 Å². The van der Waals surface area contributed by atoms with Crippen molar-refractivity contribution in [3.63, 3.8) is 0 Å². The van der Waals surface area contributed by atoms with Gasteiger partial charge in [0.2, 0.25) is 0 Å². The van der Waals surface area contributed by atoms with Crippen LogP contribution in [0.3, 0.4) is 0 Å². The minimum atomic E-state index is -0.865. The number of carbonyl (C=O) groups is 1. The van der Waals surface area contributed by atoms with Crippen LogP contribution in [-0.4, -0.2) is 20.8 Å². The van der Waals surface area contributed by atoms with Gasteiger partial charge in [0, 0.05) is 7.05 Å². The Morgan fingerprint density at radius 2 is 1.56 bits per heavy atom. The van der Waals surface area contributed by atoms with E-state index in [0.717, 1.165) is 16.8 Å². The first-order valence-electron chi connectivity index (χ1n) is 9.10. The number of aliphatic hydroxyl groups is 1. The molecular formula is C22H25N3O2. The second-order valence-corrected chi connectivity index (χ2v) is 6.95. The molecule has 0 saturated carbocycles. The minimum absolute atomic E-state index is 0.234. The SMILES string of the molecule is CC(C)c1cc(C(=O)NC(c2ccccc2)C(O)c2ccccc2)n(C)n1. The molecule has 5 heteroatoms. The third-order valence-electron chi connectivity index (χ3n) is 4.62. The number of nitrogens with one attached hydrogen (secondary N) is 1. The smallest absolute Gasteiger partial charge is 0.270 e. The molecule has 3 rings (SSSR count). The molecule has 0 bridgehead atoms. The lowest BCUT2D eigenvalue weighted by Gasteiger charge is -2.25. The maximum Gasteiger partial charge on any atom is 0.270 e. The number of aliphatic hydroxyl groups excluding tert-OH is 1. The summed E-state index contributed by atoms with van der Waals surface area (Å²) < 4.78 is 1.58. The average molecular weight is 363 g/mol. The van der Waals surface area contributed by atoms with Crippen LogP contribution in [0, 0.1) is 0 Å². The van der Waals surface area contributed by atoms with Gasteiger partial charge < -0.3 is 10.4 Å². The second-order valence-electron chi connectivity index (χ2n) is 6.95. The molecule has 27 heavy (non-hydrogen) atoms. The number of nitrogens with zero attached hydrogens (tertiary/aromatic N) is 2. The van der Waals surface area contributed by atoms with Gasteiger partial charge in [-0.3, -0.25) is 9.48 Å². The highest BCUT2D eigenvalue weighted by Crippen LogP contribution is 2.29. The van der Waals surface area contributed by atoms with E-state index in [4.69, 9.17) is 0 Å². The minimum Gasteiger partial charge on any atom is -0.386 e. The molecule has 2 unspecified atom stereocenters. The molecule has 1 aromatic heterocycles. The van der Waals surface area contributed by atoms with Crippen LogP contribution >= 0.6 is 0 Å². The summed E-state index contributed by atoms with van der Waals surface area (Å²) in [6.07, 6.45) is -0.865. The van der Waals surface area contributed by atoms with Crippen molar-refractivity contribution in [1.82, 2.24) is 15.1 Å². The van der Waals surface area contributed by atoms with Crippen LogP contribution < -0.4 is 5.32 Å². The quantitative estimate of drug-likeness (QED) is 0.701. The lowest BCUT2D eigenvalue weighted by Crippen LogP contribution is -2.33. The number of carbonyl (C=O) groups excluding carboxylic acids is 1. The zero-order chi connectivity index (χ0) is 19.4. The summed E-state index contributed by atoms with van der Waals surface area (Å²) in [6, 6.07) is 20.1. The largest absolute Gasteiger partial charge is 0.386 e. The van der Waals surface area contributed by atoms with E-state index in [0.29, 0.717) is 5.69 Å². The van der Waals surface area contributed by atoms with Crippen molar-refractivity contribution in [1.29, 1.82) is 0 Å². The maximum atomic E-state index is 12.9. The molecule has 140 valence electrons. The first-order chi connectivity index (χ1) is 13.0. The molecule has 5 nitrogen and oxygen atoms in total. The molecule has 0 spiro atoms. The van der Waals surface area contributed by atoms with Crippen molar-refractivity contribution in [2.75, 3.05) is 0 Å². The van der Waals surface area contributed by atoms with Crippen molar-refractivity contribution in [3.8, 4) is 0 Å². The van der Waals surface area contributed by atoms with E-state index in [-0.39, 0.29) is 11.8 Å². The van der Waals surface area contributed by atoms with E-state index in [1.807, 2.05) is 74.5 Å². The van der Waals surface area contributed by atoms with Gasteiger partial charge >= 0.3 is 0 Å². The zero-order valence-corrected chi connectivity index (χ0v) is 15.8. The summed E-state index contributed by atoms with van der Waals surface area (Å²) in [5, 5.41) is 18.4. The molecule has 0 saturated heterocycles. The van der Waals surface area contributed by atoms with E-state index < -0.39 is 12.1 Å². The lowest BCUT2D eigenvalue weighted by atomic mass is 9.95. The summed E-state index contributed by atoms with van der Waals surface area (Å²) in [4.78, 5) is 12.9. The van der Waals surface area contributed by atoms with Crippen molar-refractivity contribution < 1.29 is 9.90 Å². The van der Waals surface area contributed by atoms with Crippen molar-refractivity contribution >= 4 is 5.91 Å². The molecule has 2 aromatic carbocycles. The standard InChI is InChI=1S/C22H25N3O2/c1-15(2)18-14-19(25(3)24-18)22(27)23-20(16-10-6-4-7-11-16)21(26)17-12-8-5-9-13-17/h4-15,20-21,26H,1-3H3,(H,23,27). The number of rotatable bonds is 6. The Labute approximate surface area is 159 Å². The fourth-order valence-corrected chi connectivity index (χ4v) is 3.05. The molecule has 2 atom stereocenters. The number of aromatic nitrogens is 2. The first-order valence-corrected chi connectivity index (χ1v) is 9.10. The lowest BCUT2D eigenvalue weighted by molar-refractivity contribution is 0.0822. The number of benzene rings is 2. The van der Waals surface area contributed by atoms with Crippen molar-refractivity contribution in [2.24, 2.45) is 7.05 Å². The van der Waals surface area contributed by atoms with Crippen molar-refractivity contribution in [3.05, 3.63) is 89.2 Å². The molecule has 1 heterocycles. The number of hydrogen-bond donors (Lipinski definition) is 2. The fourth-order valence-electron chi connectivity index (χ4n) is 3.05. The Hall–Kier alpha value is -2.92. The van der Waals surface area contributed by atoms with E-state index in [9.17, 15) is 9.90 Å². The van der Waals surface area contributed by atoms with Gasteiger partial charge in [0.25, 0.3) is 5.91 Å². The van der Waals surface area contributed by atoms with Crippen LogP contribution in [0.2, 0.25) is 0 Å². The summed E-state index contributed by atoms with van der Waals surface area (Å²) in [5.74, 6) is -0.0293. The van der Waals surface area contributed by atoms with Gasteiger partial charge in [0.15, 0.2) is 0 Å². The summed E-state index contributed by atoms with van der Waals surface area (Å²) in [6.45, 7) is 4.08. The maximum absolute atomic E-state index is 12.9. The Morgan fingerprint density at radius 1 is 1.00 bits per heavy atom. The van der Waals surface area contributed by atoms with Crippen LogP contribution in [-0.2, 0) is 7.05 Å². The highest BCUT2D eigenvalue weighted by atomic mass is 16.3. The fraction of sp³-hybridized carbons (Fsp3) is 0.273. The zero-order valence-electron chi connectivity index (χ0n) is 15.8. The summed E-state index contributed by atoms with van der Waals surface area (Å²) in [7, 11) is 1.76. The predicted octanol–water partition coefficient (Wildman–Crippen LogP) is 3.75. The first kappa shape index (κ1) is 18.9. The Balaban J connectivity index is 1.91. The van der Waals surface area contributed by atoms with Gasteiger partial charge in [-0.25, -0.2) is 0 Å². The summed E-state index contributed by atoms with van der Waals surface area (Å²) in [5.41, 5.74) is 2.93. The average Bonchev–Trinajstić information content (AvgIpc) is 3.09. The molecule has 0 aliphatic heterocycles. The topological polar surface area (TPSA) is 67.2 Å². The number of amides is 1. The molecule has 1 amide bonds. The molecule has 2 N–H and O–H groups in total. The van der Waals surface area contributed by atoms with Gasteiger partial charge in [0.1, 0.15) is 11.8 Å². The van der Waals surface area contributed by atoms with E-state index in [1.54, 1.807) is 17.8 Å². The second kappa shape index (κ2) is 8.18. The highest BCUT2D eigenvalue weighted by Gasteiger charge is 2.26. The molecule has 0 radical (unpaired) electrons. The normalized spacial score (nSPS) is 13.4. The van der Waals surface area contributed by atoms with Crippen LogP contribution in [0.4, 0.5) is 0 Å². The molecular weight excluding hydrogens is 338 g/mol. The van der Waals surface area contributed by atoms with Crippen LogP contribution in [0.25, 0.3) is 0 Å².